The fraction of sp³-hybridized carbons (Fsp3) is 0.311. The molecule has 3 aromatic carbocycles. The molecule has 0 bridgehead atoms. The Kier molecular flexibility index (Phi) is 7.36. The molecule has 0 saturated carbocycles. The highest BCUT2D eigenvalue weighted by Crippen LogP contribution is 2.44. The minimum atomic E-state index is -0.149. The van der Waals surface area contributed by atoms with Gasteiger partial charge in [0, 0.05) is 34.5 Å². The zero-order valence-corrected chi connectivity index (χ0v) is 31.3. The summed E-state index contributed by atoms with van der Waals surface area (Å²) in [4.78, 5) is 14.9. The maximum Gasteiger partial charge on any atom is 0.222 e. The molecule has 0 atom stereocenters. The van der Waals surface area contributed by atoms with Gasteiger partial charge < -0.3 is 13.6 Å². The molecule has 0 amide bonds. The molecule has 0 N–H and O–H groups in total. The minimum absolute atomic E-state index is 0.0212. The summed E-state index contributed by atoms with van der Waals surface area (Å²) in [6, 6.07) is 25.2. The number of aromatic nitrogens is 3. The van der Waals surface area contributed by atoms with Crippen molar-refractivity contribution in [3.8, 4) is 23.1 Å². The van der Waals surface area contributed by atoms with Crippen LogP contribution in [0, 0.1) is 12.3 Å². The van der Waals surface area contributed by atoms with Gasteiger partial charge in [0.1, 0.15) is 22.3 Å². The number of fused-ring (bicyclic) bond motifs is 4. The Labute approximate surface area is 298 Å². The van der Waals surface area contributed by atoms with Gasteiger partial charge in [0.15, 0.2) is 5.58 Å². The summed E-state index contributed by atoms with van der Waals surface area (Å²) in [5, 5.41) is 5.06. The van der Waals surface area contributed by atoms with Crippen molar-refractivity contribution in [1.82, 2.24) is 15.0 Å². The van der Waals surface area contributed by atoms with Crippen LogP contribution in [-0.4, -0.2) is 15.0 Å². The molecular formula is C45H45N3O3. The van der Waals surface area contributed by atoms with Crippen LogP contribution in [0.25, 0.3) is 66.2 Å². The second-order valence-electron chi connectivity index (χ2n) is 17.3. The van der Waals surface area contributed by atoms with Crippen LogP contribution in [0.15, 0.2) is 87.8 Å². The van der Waals surface area contributed by atoms with Gasteiger partial charge in [0.25, 0.3) is 0 Å². The third-order valence-electron chi connectivity index (χ3n) is 9.69. The topological polar surface area (TPSA) is 74.2 Å². The van der Waals surface area contributed by atoms with Crippen LogP contribution < -0.4 is 4.74 Å². The third kappa shape index (κ3) is 6.01. The molecule has 51 heavy (non-hydrogen) atoms. The third-order valence-corrected chi connectivity index (χ3v) is 9.69. The summed E-state index contributed by atoms with van der Waals surface area (Å²) in [6.45, 7) is 22.0. The molecule has 0 unspecified atom stereocenters. The lowest BCUT2D eigenvalue weighted by Gasteiger charge is -2.22. The highest BCUT2D eigenvalue weighted by molar-refractivity contribution is 6.29. The fourth-order valence-electron chi connectivity index (χ4n) is 7.10. The van der Waals surface area contributed by atoms with Crippen molar-refractivity contribution in [3.63, 3.8) is 0 Å². The van der Waals surface area contributed by atoms with Crippen molar-refractivity contribution in [2.75, 3.05) is 0 Å². The van der Waals surface area contributed by atoms with Gasteiger partial charge in [0.2, 0.25) is 11.8 Å². The van der Waals surface area contributed by atoms with Gasteiger partial charge in [-0.3, -0.25) is 4.98 Å². The summed E-state index contributed by atoms with van der Waals surface area (Å²) in [5.41, 5.74) is 9.75. The van der Waals surface area contributed by atoms with E-state index in [0.717, 1.165) is 72.6 Å². The van der Waals surface area contributed by atoms with Crippen molar-refractivity contribution in [3.05, 3.63) is 101 Å². The van der Waals surface area contributed by atoms with Crippen molar-refractivity contribution >= 4 is 54.8 Å². The van der Waals surface area contributed by atoms with Crippen LogP contribution in [0.4, 0.5) is 0 Å². The van der Waals surface area contributed by atoms with Crippen molar-refractivity contribution in [1.29, 1.82) is 0 Å². The molecule has 0 saturated heterocycles. The Hall–Kier alpha value is -5.23. The number of aryl methyl sites for hydroxylation is 1. The predicted octanol–water partition coefficient (Wildman–Crippen LogP) is 12.8. The lowest BCUT2D eigenvalue weighted by atomic mass is 9.86. The molecule has 258 valence electrons. The van der Waals surface area contributed by atoms with Crippen LogP contribution in [0.3, 0.4) is 0 Å². The molecule has 6 heteroatoms. The molecule has 0 spiro atoms. The number of hydrogen-bond acceptors (Lipinski definition) is 6. The molecule has 0 aliphatic rings. The van der Waals surface area contributed by atoms with Crippen LogP contribution in [0.2, 0.25) is 0 Å². The molecule has 0 radical (unpaired) electrons. The van der Waals surface area contributed by atoms with Crippen molar-refractivity contribution in [2.45, 2.75) is 86.5 Å². The minimum Gasteiger partial charge on any atom is -0.455 e. The molecule has 0 aliphatic carbocycles. The van der Waals surface area contributed by atoms with E-state index in [4.69, 9.17) is 28.5 Å². The van der Waals surface area contributed by atoms with Crippen LogP contribution in [0.1, 0.15) is 84.6 Å². The van der Waals surface area contributed by atoms with Gasteiger partial charge in [-0.1, -0.05) is 86.6 Å². The van der Waals surface area contributed by atoms with Gasteiger partial charge in [-0.25, -0.2) is 9.97 Å². The largest absolute Gasteiger partial charge is 0.455 e. The quantitative estimate of drug-likeness (QED) is 0.185. The second-order valence-corrected chi connectivity index (χ2v) is 17.3. The first kappa shape index (κ1) is 32.9. The Morgan fingerprint density at radius 3 is 2.00 bits per heavy atom. The van der Waals surface area contributed by atoms with Gasteiger partial charge in [0.05, 0.1) is 16.8 Å². The van der Waals surface area contributed by atoms with Gasteiger partial charge >= 0.3 is 0 Å². The van der Waals surface area contributed by atoms with E-state index < -0.39 is 0 Å². The predicted molar refractivity (Wildman–Crippen MR) is 209 cm³/mol. The van der Waals surface area contributed by atoms with Crippen LogP contribution >= 0.6 is 0 Å². The summed E-state index contributed by atoms with van der Waals surface area (Å²) in [5.74, 6) is 0.905. The highest BCUT2D eigenvalue weighted by Gasteiger charge is 2.24. The molecule has 6 nitrogen and oxygen atoms in total. The normalized spacial score (nSPS) is 13.0. The first-order chi connectivity index (χ1) is 24.0. The second kappa shape index (κ2) is 11.4. The molecule has 8 aromatic rings. The lowest BCUT2D eigenvalue weighted by molar-refractivity contribution is 0.411. The highest BCUT2D eigenvalue weighted by atomic mass is 16.5. The van der Waals surface area contributed by atoms with Crippen LogP contribution in [0.5, 0.6) is 11.8 Å². The Morgan fingerprint density at radius 2 is 1.29 bits per heavy atom. The molecule has 8 rings (SSSR count). The number of rotatable bonds is 4. The van der Waals surface area contributed by atoms with E-state index in [1.807, 2.05) is 18.3 Å². The Morgan fingerprint density at radius 1 is 0.627 bits per heavy atom. The molecule has 0 aliphatic heterocycles. The Balaban J connectivity index is 1.36. The average molecular weight is 676 g/mol. The number of furan rings is 1. The standard InChI is InChI=1S/C45H45N3O3/c1-25-17-36(51-37-23-29(45(8,9)10)22-33(47-37)32-21-28(15-16-46-32)44(5,6)7)48-40-31-20-27-13-11-12-14-30(27)42-38(31)39-34(49-41(25)40)18-26(19-35(39)50-42)24-43(2,3)4/h11-23H,24H2,1-10H3. The van der Waals surface area contributed by atoms with E-state index in [9.17, 15) is 0 Å². The number of benzene rings is 3. The van der Waals surface area contributed by atoms with Gasteiger partial charge in [-0.15, -0.1) is 0 Å². The number of hydrogen-bond donors (Lipinski definition) is 0. The molecule has 0 fully saturated rings. The van der Waals surface area contributed by atoms with Crippen molar-refractivity contribution in [2.24, 2.45) is 5.41 Å². The zero-order valence-electron chi connectivity index (χ0n) is 31.3. The molecular weight excluding hydrogens is 631 g/mol. The van der Waals surface area contributed by atoms with E-state index in [-0.39, 0.29) is 16.2 Å². The van der Waals surface area contributed by atoms with E-state index >= 15 is 0 Å². The molecule has 5 aromatic heterocycles. The maximum absolute atomic E-state index is 6.87. The van der Waals surface area contributed by atoms with Gasteiger partial charge in [-0.2, -0.15) is 0 Å². The summed E-state index contributed by atoms with van der Waals surface area (Å²) < 4.78 is 20.2. The van der Waals surface area contributed by atoms with Crippen LogP contribution in [-0.2, 0) is 17.3 Å². The van der Waals surface area contributed by atoms with E-state index in [2.05, 4.69) is 130 Å². The fourth-order valence-corrected chi connectivity index (χ4v) is 7.10. The first-order valence-electron chi connectivity index (χ1n) is 17.8. The van der Waals surface area contributed by atoms with Gasteiger partial charge in [-0.05, 0) is 93.6 Å². The number of nitrogens with zero attached hydrogens (tertiary/aromatic N) is 3. The first-order valence-corrected chi connectivity index (χ1v) is 17.8. The zero-order chi connectivity index (χ0) is 36.0. The number of pyridine rings is 3. The Bertz CT molecular complexity index is 2660. The summed E-state index contributed by atoms with van der Waals surface area (Å²) >= 11 is 0. The maximum atomic E-state index is 6.87. The lowest BCUT2D eigenvalue weighted by Crippen LogP contribution is -2.13. The SMILES string of the molecule is Cc1cc(Oc2cc(C(C)(C)C)cc(-c3cc(C(C)(C)C)ccn3)n2)nc2c1oc1cc(CC(C)(C)C)cc3oc4c5ccccc5cc2c4c13. The average Bonchev–Trinajstić information content (AvgIpc) is 3.37. The van der Waals surface area contributed by atoms with Crippen molar-refractivity contribution < 1.29 is 13.6 Å². The molecule has 5 heterocycles. The summed E-state index contributed by atoms with van der Waals surface area (Å²) in [6.07, 6.45) is 2.75. The van der Waals surface area contributed by atoms with E-state index in [1.54, 1.807) is 0 Å². The smallest absolute Gasteiger partial charge is 0.222 e. The van der Waals surface area contributed by atoms with E-state index in [1.165, 1.54) is 11.1 Å². The number of ether oxygens (including phenoxy) is 1. The van der Waals surface area contributed by atoms with E-state index in [0.29, 0.717) is 22.9 Å². The monoisotopic (exact) mass is 675 g/mol. The summed E-state index contributed by atoms with van der Waals surface area (Å²) in [7, 11) is 0.